The zero-order chi connectivity index (χ0) is 13.1. The van der Waals surface area contributed by atoms with Crippen LogP contribution in [0.2, 0.25) is 0 Å². The van der Waals surface area contributed by atoms with Crippen molar-refractivity contribution in [3.8, 4) is 0 Å². The number of rotatable bonds is 6. The van der Waals surface area contributed by atoms with Gasteiger partial charge in [0.1, 0.15) is 5.82 Å². The van der Waals surface area contributed by atoms with Crippen LogP contribution in [0.4, 0.5) is 10.1 Å². The molecule has 0 aromatic heterocycles. The highest BCUT2D eigenvalue weighted by molar-refractivity contribution is 5.46. The van der Waals surface area contributed by atoms with Crippen molar-refractivity contribution >= 4 is 5.69 Å². The van der Waals surface area contributed by atoms with Crippen LogP contribution in [0.5, 0.6) is 0 Å². The van der Waals surface area contributed by atoms with Crippen LogP contribution in [0.25, 0.3) is 0 Å². The molecule has 0 heterocycles. The number of anilines is 1. The largest absolute Gasteiger partial charge is 0.398 e. The summed E-state index contributed by atoms with van der Waals surface area (Å²) in [6, 6.07) is 5.35. The fourth-order valence-corrected chi connectivity index (χ4v) is 2.18. The van der Waals surface area contributed by atoms with E-state index in [4.69, 9.17) is 5.73 Å². The fraction of sp³-hybridized carbons (Fsp3) is 0.600. The average molecular weight is 250 g/mol. The molecule has 2 N–H and O–H groups in total. The Bertz CT molecular complexity index is 399. The third-order valence-electron chi connectivity index (χ3n) is 3.54. The van der Waals surface area contributed by atoms with Gasteiger partial charge in [0, 0.05) is 18.3 Å². The highest BCUT2D eigenvalue weighted by atomic mass is 19.1. The van der Waals surface area contributed by atoms with Crippen molar-refractivity contribution in [1.82, 2.24) is 4.90 Å². The molecule has 1 aromatic rings. The zero-order valence-electron chi connectivity index (χ0n) is 11.3. The van der Waals surface area contributed by atoms with Gasteiger partial charge in [-0.25, -0.2) is 4.39 Å². The standard InChI is InChI=1S/C15H23FN2/c1-11(2)7-8-18(14-4-5-14)10-12-9-13(16)3-6-15(12)17/h3,6,9,11,14H,4-5,7-8,10,17H2,1-2H3. The van der Waals surface area contributed by atoms with Crippen LogP contribution < -0.4 is 5.73 Å². The lowest BCUT2D eigenvalue weighted by Gasteiger charge is -2.23. The minimum Gasteiger partial charge on any atom is -0.398 e. The van der Waals surface area contributed by atoms with Gasteiger partial charge in [0.05, 0.1) is 0 Å². The van der Waals surface area contributed by atoms with Gasteiger partial charge in [-0.15, -0.1) is 0 Å². The molecular weight excluding hydrogens is 227 g/mol. The Morgan fingerprint density at radius 3 is 2.72 bits per heavy atom. The van der Waals surface area contributed by atoms with E-state index in [2.05, 4.69) is 18.7 Å². The Morgan fingerprint density at radius 1 is 1.39 bits per heavy atom. The van der Waals surface area contributed by atoms with Crippen molar-refractivity contribution in [3.63, 3.8) is 0 Å². The van der Waals surface area contributed by atoms with Crippen molar-refractivity contribution in [1.29, 1.82) is 0 Å². The van der Waals surface area contributed by atoms with E-state index in [0.29, 0.717) is 17.6 Å². The molecule has 18 heavy (non-hydrogen) atoms. The Kier molecular flexibility index (Phi) is 4.23. The second-order valence-electron chi connectivity index (χ2n) is 5.73. The summed E-state index contributed by atoms with van der Waals surface area (Å²) in [5.74, 6) is 0.509. The van der Waals surface area contributed by atoms with Crippen molar-refractivity contribution in [2.45, 2.75) is 45.7 Å². The first-order valence-electron chi connectivity index (χ1n) is 6.84. The van der Waals surface area contributed by atoms with E-state index >= 15 is 0 Å². The maximum atomic E-state index is 13.3. The van der Waals surface area contributed by atoms with Crippen molar-refractivity contribution in [3.05, 3.63) is 29.6 Å². The topological polar surface area (TPSA) is 29.3 Å². The van der Waals surface area contributed by atoms with Crippen LogP contribution >= 0.6 is 0 Å². The van der Waals surface area contributed by atoms with E-state index in [1.807, 2.05) is 0 Å². The monoisotopic (exact) mass is 250 g/mol. The van der Waals surface area contributed by atoms with E-state index in [-0.39, 0.29) is 5.82 Å². The first-order valence-corrected chi connectivity index (χ1v) is 6.84. The van der Waals surface area contributed by atoms with E-state index in [9.17, 15) is 4.39 Å². The van der Waals surface area contributed by atoms with Gasteiger partial charge in [-0.05, 0) is 55.5 Å². The summed E-state index contributed by atoms with van der Waals surface area (Å²) in [5.41, 5.74) is 7.54. The van der Waals surface area contributed by atoms with Gasteiger partial charge in [-0.2, -0.15) is 0 Å². The van der Waals surface area contributed by atoms with Gasteiger partial charge in [0.15, 0.2) is 0 Å². The molecule has 1 aromatic carbocycles. The summed E-state index contributed by atoms with van der Waals surface area (Å²) in [7, 11) is 0. The van der Waals surface area contributed by atoms with E-state index in [1.54, 1.807) is 12.1 Å². The number of hydrogen-bond acceptors (Lipinski definition) is 2. The van der Waals surface area contributed by atoms with Gasteiger partial charge in [0.2, 0.25) is 0 Å². The summed E-state index contributed by atoms with van der Waals surface area (Å²) >= 11 is 0. The van der Waals surface area contributed by atoms with Crippen LogP contribution in [0.3, 0.4) is 0 Å². The van der Waals surface area contributed by atoms with Crippen molar-refractivity contribution in [2.24, 2.45) is 5.92 Å². The Morgan fingerprint density at radius 2 is 2.11 bits per heavy atom. The smallest absolute Gasteiger partial charge is 0.123 e. The Labute approximate surface area is 109 Å². The summed E-state index contributed by atoms with van der Waals surface area (Å²) in [6.07, 6.45) is 3.73. The molecule has 3 heteroatoms. The number of hydrogen-bond donors (Lipinski definition) is 1. The van der Waals surface area contributed by atoms with Crippen molar-refractivity contribution < 1.29 is 4.39 Å². The molecule has 0 atom stereocenters. The Balaban J connectivity index is 2.01. The normalized spacial score (nSPS) is 15.6. The quantitative estimate of drug-likeness (QED) is 0.784. The maximum absolute atomic E-state index is 13.3. The van der Waals surface area contributed by atoms with Gasteiger partial charge in [0.25, 0.3) is 0 Å². The Hall–Kier alpha value is -1.09. The molecule has 0 bridgehead atoms. The minimum atomic E-state index is -0.196. The molecule has 0 aliphatic heterocycles. The molecule has 0 amide bonds. The lowest BCUT2D eigenvalue weighted by molar-refractivity contribution is 0.239. The number of benzene rings is 1. The number of halogens is 1. The molecule has 0 radical (unpaired) electrons. The first kappa shape index (κ1) is 13.3. The van der Waals surface area contributed by atoms with Gasteiger partial charge < -0.3 is 5.73 Å². The summed E-state index contributed by atoms with van der Waals surface area (Å²) in [5, 5.41) is 0. The lowest BCUT2D eigenvalue weighted by atomic mass is 10.1. The van der Waals surface area contributed by atoms with Crippen LogP contribution in [0, 0.1) is 11.7 Å². The minimum absolute atomic E-state index is 0.196. The van der Waals surface area contributed by atoms with E-state index < -0.39 is 0 Å². The second kappa shape index (κ2) is 5.70. The summed E-state index contributed by atoms with van der Waals surface area (Å²) in [4.78, 5) is 2.45. The maximum Gasteiger partial charge on any atom is 0.123 e. The molecule has 1 fully saturated rings. The SMILES string of the molecule is CC(C)CCN(Cc1cc(F)ccc1N)C1CC1. The molecule has 1 aliphatic rings. The van der Waals surface area contributed by atoms with Crippen molar-refractivity contribution in [2.75, 3.05) is 12.3 Å². The number of nitrogens with two attached hydrogens (primary N) is 1. The summed E-state index contributed by atoms with van der Waals surface area (Å²) < 4.78 is 13.3. The molecule has 100 valence electrons. The fourth-order valence-electron chi connectivity index (χ4n) is 2.18. The number of nitrogen functional groups attached to an aromatic ring is 1. The van der Waals surface area contributed by atoms with Gasteiger partial charge >= 0.3 is 0 Å². The third-order valence-corrected chi connectivity index (χ3v) is 3.54. The van der Waals surface area contributed by atoms with Crippen LogP contribution in [-0.2, 0) is 6.54 Å². The number of nitrogens with zero attached hydrogens (tertiary/aromatic N) is 1. The highest BCUT2D eigenvalue weighted by Crippen LogP contribution is 2.30. The van der Waals surface area contributed by atoms with Gasteiger partial charge in [-0.3, -0.25) is 4.90 Å². The van der Waals surface area contributed by atoms with Crippen LogP contribution in [-0.4, -0.2) is 17.5 Å². The summed E-state index contributed by atoms with van der Waals surface area (Å²) in [6.45, 7) is 6.34. The first-order chi connectivity index (χ1) is 8.56. The third kappa shape index (κ3) is 3.70. The molecule has 2 nitrogen and oxygen atoms in total. The molecular formula is C15H23FN2. The second-order valence-corrected chi connectivity index (χ2v) is 5.73. The molecule has 1 saturated carbocycles. The van der Waals surface area contributed by atoms with E-state index in [0.717, 1.165) is 18.7 Å². The average Bonchev–Trinajstić information content (AvgIpc) is 3.12. The van der Waals surface area contributed by atoms with Crippen LogP contribution in [0.15, 0.2) is 18.2 Å². The molecule has 1 aliphatic carbocycles. The van der Waals surface area contributed by atoms with Crippen LogP contribution in [0.1, 0.15) is 38.7 Å². The van der Waals surface area contributed by atoms with E-state index in [1.165, 1.54) is 25.3 Å². The lowest BCUT2D eigenvalue weighted by Crippen LogP contribution is -2.28. The highest BCUT2D eigenvalue weighted by Gasteiger charge is 2.29. The molecule has 0 saturated heterocycles. The molecule has 2 rings (SSSR count). The molecule has 0 unspecified atom stereocenters. The predicted molar refractivity (Wildman–Crippen MR) is 73.7 cm³/mol. The van der Waals surface area contributed by atoms with Gasteiger partial charge in [-0.1, -0.05) is 13.8 Å². The molecule has 0 spiro atoms. The predicted octanol–water partition coefficient (Wildman–Crippen LogP) is 3.42. The zero-order valence-corrected chi connectivity index (χ0v) is 11.3.